The Morgan fingerprint density at radius 1 is 1.26 bits per heavy atom. The first-order chi connectivity index (χ1) is 11.1. The number of benzene rings is 1. The van der Waals surface area contributed by atoms with Gasteiger partial charge in [0.25, 0.3) is 0 Å². The van der Waals surface area contributed by atoms with Crippen molar-refractivity contribution in [1.82, 2.24) is 5.32 Å². The van der Waals surface area contributed by atoms with Crippen LogP contribution < -0.4 is 10.6 Å². The van der Waals surface area contributed by atoms with Crippen molar-refractivity contribution in [2.24, 2.45) is 0 Å². The first-order valence-corrected chi connectivity index (χ1v) is 7.72. The number of furan rings is 1. The highest BCUT2D eigenvalue weighted by Crippen LogP contribution is 2.25. The fraction of sp³-hybridized carbons (Fsp3) is 0.353. The number of rotatable bonds is 3. The molecule has 1 heterocycles. The van der Waals surface area contributed by atoms with Crippen molar-refractivity contribution in [3.8, 4) is 11.3 Å². The number of carbonyl (C=O) groups excluding carboxylic acids is 1. The van der Waals surface area contributed by atoms with Gasteiger partial charge in [0.05, 0.1) is 24.1 Å². The van der Waals surface area contributed by atoms with Crippen LogP contribution in [-0.2, 0) is 0 Å². The third-order valence-corrected chi connectivity index (χ3v) is 4.07. The van der Waals surface area contributed by atoms with E-state index in [2.05, 4.69) is 10.6 Å². The van der Waals surface area contributed by atoms with Crippen molar-refractivity contribution in [1.29, 1.82) is 0 Å². The van der Waals surface area contributed by atoms with Gasteiger partial charge in [0.1, 0.15) is 11.6 Å². The van der Waals surface area contributed by atoms with Crippen LogP contribution in [0, 0.1) is 5.82 Å². The maximum absolute atomic E-state index is 13.9. The minimum Gasteiger partial charge on any atom is -0.464 e. The normalized spacial score (nSPS) is 21.0. The van der Waals surface area contributed by atoms with Crippen molar-refractivity contribution in [3.05, 3.63) is 42.4 Å². The molecule has 1 fully saturated rings. The zero-order chi connectivity index (χ0) is 16.2. The van der Waals surface area contributed by atoms with Crippen LogP contribution in [0.25, 0.3) is 11.3 Å². The number of nitrogens with one attached hydrogen (secondary N) is 2. The van der Waals surface area contributed by atoms with Crippen molar-refractivity contribution >= 4 is 11.7 Å². The Morgan fingerprint density at radius 3 is 2.83 bits per heavy atom. The number of carbonyl (C=O) groups is 1. The Morgan fingerprint density at radius 2 is 2.09 bits per heavy atom. The van der Waals surface area contributed by atoms with Crippen LogP contribution in [0.5, 0.6) is 0 Å². The number of hydrogen-bond donors (Lipinski definition) is 3. The van der Waals surface area contributed by atoms with Crippen molar-refractivity contribution in [3.63, 3.8) is 0 Å². The average molecular weight is 318 g/mol. The maximum Gasteiger partial charge on any atom is 0.319 e. The lowest BCUT2D eigenvalue weighted by Gasteiger charge is -2.28. The van der Waals surface area contributed by atoms with E-state index in [4.69, 9.17) is 4.42 Å². The molecule has 122 valence electrons. The molecular formula is C17H19FN2O3. The Kier molecular flexibility index (Phi) is 4.62. The second kappa shape index (κ2) is 6.83. The molecule has 0 aliphatic heterocycles. The molecule has 3 N–H and O–H groups in total. The van der Waals surface area contributed by atoms with Gasteiger partial charge in [-0.15, -0.1) is 0 Å². The SMILES string of the molecule is O=C(Nc1cc(-c2ccco2)ccc1F)NC1CCCCC1O. The molecule has 1 saturated carbocycles. The summed E-state index contributed by atoms with van der Waals surface area (Å²) in [6.45, 7) is 0. The van der Waals surface area contributed by atoms with E-state index in [0.29, 0.717) is 17.7 Å². The molecule has 6 heteroatoms. The van der Waals surface area contributed by atoms with E-state index >= 15 is 0 Å². The quantitative estimate of drug-likeness (QED) is 0.810. The largest absolute Gasteiger partial charge is 0.464 e. The lowest BCUT2D eigenvalue weighted by Crippen LogP contribution is -2.46. The molecule has 1 aromatic heterocycles. The highest BCUT2D eigenvalue weighted by atomic mass is 19.1. The van der Waals surface area contributed by atoms with Crippen molar-refractivity contribution in [2.45, 2.75) is 37.8 Å². The molecule has 3 rings (SSSR count). The van der Waals surface area contributed by atoms with Gasteiger partial charge >= 0.3 is 6.03 Å². The third kappa shape index (κ3) is 3.71. The van der Waals surface area contributed by atoms with Gasteiger partial charge in [-0.05, 0) is 43.2 Å². The zero-order valence-electron chi connectivity index (χ0n) is 12.6. The summed E-state index contributed by atoms with van der Waals surface area (Å²) in [5.41, 5.74) is 0.742. The van der Waals surface area contributed by atoms with E-state index in [0.717, 1.165) is 19.3 Å². The van der Waals surface area contributed by atoms with E-state index in [-0.39, 0.29) is 11.7 Å². The minimum absolute atomic E-state index is 0.0710. The molecular weight excluding hydrogens is 299 g/mol. The van der Waals surface area contributed by atoms with E-state index in [1.165, 1.54) is 18.4 Å². The Hall–Kier alpha value is -2.34. The highest BCUT2D eigenvalue weighted by molar-refractivity contribution is 5.90. The van der Waals surface area contributed by atoms with Gasteiger partial charge in [-0.2, -0.15) is 0 Å². The Labute approximate surface area is 133 Å². The number of hydrogen-bond acceptors (Lipinski definition) is 3. The molecule has 2 unspecified atom stereocenters. The zero-order valence-corrected chi connectivity index (χ0v) is 12.6. The third-order valence-electron chi connectivity index (χ3n) is 4.07. The van der Waals surface area contributed by atoms with Crippen LogP contribution in [-0.4, -0.2) is 23.3 Å². The van der Waals surface area contributed by atoms with Gasteiger partial charge < -0.3 is 20.2 Å². The van der Waals surface area contributed by atoms with Crippen molar-refractivity contribution in [2.75, 3.05) is 5.32 Å². The van der Waals surface area contributed by atoms with Gasteiger partial charge in [0.15, 0.2) is 0 Å². The number of aliphatic hydroxyl groups is 1. The standard InChI is InChI=1S/C17H19FN2O3/c18-12-8-7-11(16-6-3-9-23-16)10-14(12)20-17(22)19-13-4-1-2-5-15(13)21/h3,6-10,13,15,21H,1-2,4-5H2,(H2,19,20,22). The van der Waals surface area contributed by atoms with Gasteiger partial charge in [-0.3, -0.25) is 0 Å². The predicted octanol–water partition coefficient (Wildman–Crippen LogP) is 3.51. The summed E-state index contributed by atoms with van der Waals surface area (Å²) in [5.74, 6) is 0.0656. The molecule has 0 spiro atoms. The Bertz CT molecular complexity index is 672. The topological polar surface area (TPSA) is 74.5 Å². The molecule has 0 bridgehead atoms. The number of halogens is 1. The first-order valence-electron chi connectivity index (χ1n) is 7.72. The highest BCUT2D eigenvalue weighted by Gasteiger charge is 2.24. The Balaban J connectivity index is 1.69. The molecule has 23 heavy (non-hydrogen) atoms. The molecule has 2 amide bonds. The molecule has 0 saturated heterocycles. The molecule has 2 aromatic rings. The summed E-state index contributed by atoms with van der Waals surface area (Å²) in [4.78, 5) is 12.1. The molecule has 1 aliphatic rings. The second-order valence-corrected chi connectivity index (χ2v) is 5.73. The van der Waals surface area contributed by atoms with E-state index in [1.54, 1.807) is 18.2 Å². The van der Waals surface area contributed by atoms with Gasteiger partial charge in [-0.1, -0.05) is 12.8 Å². The monoisotopic (exact) mass is 318 g/mol. The predicted molar refractivity (Wildman–Crippen MR) is 84.5 cm³/mol. The van der Waals surface area contributed by atoms with Gasteiger partial charge in [0, 0.05) is 5.56 Å². The van der Waals surface area contributed by atoms with E-state index < -0.39 is 18.0 Å². The number of amides is 2. The van der Waals surface area contributed by atoms with Crippen LogP contribution in [0.3, 0.4) is 0 Å². The van der Waals surface area contributed by atoms with Crippen LogP contribution in [0.15, 0.2) is 41.0 Å². The summed E-state index contributed by atoms with van der Waals surface area (Å²) in [6, 6.07) is 7.07. The number of anilines is 1. The van der Waals surface area contributed by atoms with Crippen molar-refractivity contribution < 1.29 is 18.7 Å². The summed E-state index contributed by atoms with van der Waals surface area (Å²) >= 11 is 0. The van der Waals surface area contributed by atoms with Crippen LogP contribution >= 0.6 is 0 Å². The summed E-state index contributed by atoms with van der Waals surface area (Å²) in [6.07, 6.45) is 4.30. The van der Waals surface area contributed by atoms with E-state index in [1.807, 2.05) is 0 Å². The molecule has 1 aliphatic carbocycles. The number of urea groups is 1. The second-order valence-electron chi connectivity index (χ2n) is 5.73. The van der Waals surface area contributed by atoms with Crippen LogP contribution in [0.1, 0.15) is 25.7 Å². The molecule has 2 atom stereocenters. The number of aliphatic hydroxyl groups excluding tert-OH is 1. The minimum atomic E-state index is -0.547. The lowest BCUT2D eigenvalue weighted by atomic mass is 9.93. The first kappa shape index (κ1) is 15.6. The fourth-order valence-electron chi connectivity index (χ4n) is 2.82. The fourth-order valence-corrected chi connectivity index (χ4v) is 2.82. The lowest BCUT2D eigenvalue weighted by molar-refractivity contribution is 0.0955. The molecule has 5 nitrogen and oxygen atoms in total. The average Bonchev–Trinajstić information content (AvgIpc) is 3.06. The smallest absolute Gasteiger partial charge is 0.319 e. The summed E-state index contributed by atoms with van der Waals surface area (Å²) in [5, 5.41) is 15.1. The van der Waals surface area contributed by atoms with Crippen LogP contribution in [0.4, 0.5) is 14.9 Å². The molecule has 1 aromatic carbocycles. The van der Waals surface area contributed by atoms with Gasteiger partial charge in [-0.25, -0.2) is 9.18 Å². The maximum atomic E-state index is 13.9. The van der Waals surface area contributed by atoms with Gasteiger partial charge in [0.2, 0.25) is 0 Å². The summed E-state index contributed by atoms with van der Waals surface area (Å²) in [7, 11) is 0. The van der Waals surface area contributed by atoms with E-state index in [9.17, 15) is 14.3 Å². The summed E-state index contributed by atoms with van der Waals surface area (Å²) < 4.78 is 19.2. The molecule has 0 radical (unpaired) electrons. The van der Waals surface area contributed by atoms with Crippen LogP contribution in [0.2, 0.25) is 0 Å².